The average Bonchev–Trinajstić information content (AvgIpc) is 2.85. The minimum absolute atomic E-state index is 0.116. The average molecular weight is 346 g/mol. The van der Waals surface area contributed by atoms with E-state index in [1.165, 1.54) is 18.5 Å². The zero-order valence-electron chi connectivity index (χ0n) is 13.9. The van der Waals surface area contributed by atoms with Gasteiger partial charge in [0.25, 0.3) is 0 Å². The van der Waals surface area contributed by atoms with E-state index >= 15 is 0 Å². The van der Waals surface area contributed by atoms with Gasteiger partial charge in [-0.25, -0.2) is 0 Å². The monoisotopic (exact) mass is 346 g/mol. The van der Waals surface area contributed by atoms with Crippen molar-refractivity contribution in [3.05, 3.63) is 57.4 Å². The van der Waals surface area contributed by atoms with E-state index in [0.717, 1.165) is 5.56 Å². The molecule has 1 amide bonds. The molecule has 0 aliphatic rings. The minimum Gasteiger partial charge on any atom is -0.460 e. The number of nitrogens with zero attached hydrogens (tertiary/aromatic N) is 3. The van der Waals surface area contributed by atoms with E-state index in [1.807, 2.05) is 30.3 Å². The highest BCUT2D eigenvalue weighted by molar-refractivity contribution is 5.81. The molecule has 1 aromatic carbocycles. The van der Waals surface area contributed by atoms with Gasteiger partial charge in [-0.1, -0.05) is 30.3 Å². The van der Waals surface area contributed by atoms with Crippen LogP contribution in [-0.2, 0) is 27.5 Å². The van der Waals surface area contributed by atoms with Gasteiger partial charge in [0.1, 0.15) is 31.1 Å². The molecule has 0 bridgehead atoms. The molecule has 1 heterocycles. The molecule has 0 saturated heterocycles. The fraction of sp³-hybridized carbons (Fsp3) is 0.312. The zero-order valence-corrected chi connectivity index (χ0v) is 13.9. The van der Waals surface area contributed by atoms with Gasteiger partial charge < -0.3 is 10.1 Å². The van der Waals surface area contributed by atoms with Gasteiger partial charge in [-0.05, 0) is 19.4 Å². The van der Waals surface area contributed by atoms with Crippen LogP contribution in [0.1, 0.15) is 17.0 Å². The predicted octanol–water partition coefficient (Wildman–Crippen LogP) is 1.27. The number of hydrogen-bond acceptors (Lipinski definition) is 6. The summed E-state index contributed by atoms with van der Waals surface area (Å²) in [5.74, 6) is -1.06. The summed E-state index contributed by atoms with van der Waals surface area (Å²) in [5.41, 5.74) is 1.24. The summed E-state index contributed by atoms with van der Waals surface area (Å²) in [4.78, 5) is 33.9. The highest BCUT2D eigenvalue weighted by Gasteiger charge is 2.22. The van der Waals surface area contributed by atoms with E-state index in [9.17, 15) is 19.7 Å². The summed E-state index contributed by atoms with van der Waals surface area (Å²) in [7, 11) is 0. The Morgan fingerprint density at radius 2 is 1.96 bits per heavy atom. The first-order valence-electron chi connectivity index (χ1n) is 7.53. The van der Waals surface area contributed by atoms with E-state index in [-0.39, 0.29) is 36.8 Å². The molecule has 1 N–H and O–H groups in total. The number of carbonyl (C=O) groups is 2. The van der Waals surface area contributed by atoms with Crippen molar-refractivity contribution in [3.8, 4) is 0 Å². The van der Waals surface area contributed by atoms with Crippen LogP contribution >= 0.6 is 0 Å². The number of nitrogens with one attached hydrogen (secondary N) is 1. The molecule has 132 valence electrons. The van der Waals surface area contributed by atoms with Crippen LogP contribution in [0.2, 0.25) is 0 Å². The molecular formula is C16H18N4O5. The zero-order chi connectivity index (χ0) is 18.4. The number of carbonyl (C=O) groups excluding carboxylic acids is 2. The fourth-order valence-electron chi connectivity index (χ4n) is 2.26. The van der Waals surface area contributed by atoms with E-state index < -0.39 is 16.8 Å². The van der Waals surface area contributed by atoms with Gasteiger partial charge in [-0.15, -0.1) is 0 Å². The highest BCUT2D eigenvalue weighted by Crippen LogP contribution is 2.21. The summed E-state index contributed by atoms with van der Waals surface area (Å²) in [6.07, 6.45) is 0. The van der Waals surface area contributed by atoms with Gasteiger partial charge in [-0.2, -0.15) is 5.10 Å². The Kier molecular flexibility index (Phi) is 5.83. The van der Waals surface area contributed by atoms with E-state index in [2.05, 4.69) is 10.4 Å². The SMILES string of the molecule is Cc1nn(CC(=O)NCC(=O)OCc2ccccc2)c(C)c1[N+](=O)[O-]. The Labute approximate surface area is 143 Å². The predicted molar refractivity (Wildman–Crippen MR) is 87.6 cm³/mol. The quantitative estimate of drug-likeness (QED) is 0.458. The third-order valence-electron chi connectivity index (χ3n) is 3.49. The Balaban J connectivity index is 1.82. The first-order chi connectivity index (χ1) is 11.9. The van der Waals surface area contributed by atoms with Crippen LogP contribution in [0.15, 0.2) is 30.3 Å². The molecule has 0 spiro atoms. The summed E-state index contributed by atoms with van der Waals surface area (Å²) in [5, 5.41) is 17.3. The molecule has 1 aromatic heterocycles. The van der Waals surface area contributed by atoms with Crippen molar-refractivity contribution >= 4 is 17.6 Å². The van der Waals surface area contributed by atoms with Crippen molar-refractivity contribution in [1.29, 1.82) is 0 Å². The molecule has 0 unspecified atom stereocenters. The van der Waals surface area contributed by atoms with E-state index in [4.69, 9.17) is 4.74 Å². The van der Waals surface area contributed by atoms with Crippen molar-refractivity contribution in [3.63, 3.8) is 0 Å². The molecule has 0 atom stereocenters. The standard InChI is InChI=1S/C16H18N4O5/c1-11-16(20(23)24)12(2)19(18-11)9-14(21)17-8-15(22)25-10-13-6-4-3-5-7-13/h3-7H,8-10H2,1-2H3,(H,17,21). The lowest BCUT2D eigenvalue weighted by Crippen LogP contribution is -2.33. The number of benzene rings is 1. The maximum Gasteiger partial charge on any atom is 0.325 e. The normalized spacial score (nSPS) is 10.3. The molecule has 0 aliphatic heterocycles. The van der Waals surface area contributed by atoms with Crippen molar-refractivity contribution in [2.75, 3.05) is 6.54 Å². The summed E-state index contributed by atoms with van der Waals surface area (Å²) >= 11 is 0. The van der Waals surface area contributed by atoms with Gasteiger partial charge in [0.2, 0.25) is 5.91 Å². The maximum absolute atomic E-state index is 11.9. The number of amides is 1. The van der Waals surface area contributed by atoms with Crippen LogP contribution < -0.4 is 5.32 Å². The molecule has 2 aromatic rings. The second kappa shape index (κ2) is 8.04. The van der Waals surface area contributed by atoms with Crippen LogP contribution in [-0.4, -0.2) is 33.1 Å². The van der Waals surface area contributed by atoms with Crippen LogP contribution in [0.3, 0.4) is 0 Å². The van der Waals surface area contributed by atoms with Gasteiger partial charge in [0, 0.05) is 0 Å². The molecule has 0 saturated carbocycles. The Hall–Kier alpha value is -3.23. The Morgan fingerprint density at radius 3 is 2.56 bits per heavy atom. The van der Waals surface area contributed by atoms with Gasteiger partial charge in [0.05, 0.1) is 4.92 Å². The van der Waals surface area contributed by atoms with E-state index in [1.54, 1.807) is 0 Å². The first kappa shape index (κ1) is 18.1. The van der Waals surface area contributed by atoms with Crippen molar-refractivity contribution in [1.82, 2.24) is 15.1 Å². The van der Waals surface area contributed by atoms with E-state index in [0.29, 0.717) is 0 Å². The lowest BCUT2D eigenvalue weighted by Gasteiger charge is -2.07. The van der Waals surface area contributed by atoms with Crippen LogP contribution in [0.4, 0.5) is 5.69 Å². The maximum atomic E-state index is 11.9. The first-order valence-corrected chi connectivity index (χ1v) is 7.53. The van der Waals surface area contributed by atoms with Gasteiger partial charge >= 0.3 is 11.7 Å². The van der Waals surface area contributed by atoms with Gasteiger partial charge in [0.15, 0.2) is 0 Å². The van der Waals surface area contributed by atoms with Crippen LogP contribution in [0.25, 0.3) is 0 Å². The number of esters is 1. The van der Waals surface area contributed by atoms with Crippen LogP contribution in [0.5, 0.6) is 0 Å². The number of hydrogen-bond donors (Lipinski definition) is 1. The highest BCUT2D eigenvalue weighted by atomic mass is 16.6. The molecule has 0 fully saturated rings. The molecule has 2 rings (SSSR count). The molecule has 25 heavy (non-hydrogen) atoms. The number of aromatic nitrogens is 2. The second-order valence-electron chi connectivity index (χ2n) is 5.36. The van der Waals surface area contributed by atoms with Gasteiger partial charge in [-0.3, -0.25) is 24.4 Å². The Bertz CT molecular complexity index is 785. The lowest BCUT2D eigenvalue weighted by molar-refractivity contribution is -0.386. The number of nitro groups is 1. The largest absolute Gasteiger partial charge is 0.460 e. The number of ether oxygens (including phenoxy) is 1. The molecule has 0 aliphatic carbocycles. The third kappa shape index (κ3) is 4.87. The minimum atomic E-state index is -0.573. The Morgan fingerprint density at radius 1 is 1.28 bits per heavy atom. The number of rotatable bonds is 7. The lowest BCUT2D eigenvalue weighted by atomic mass is 10.2. The smallest absolute Gasteiger partial charge is 0.325 e. The van der Waals surface area contributed by atoms with Crippen molar-refractivity contribution in [2.24, 2.45) is 0 Å². The van der Waals surface area contributed by atoms with Crippen molar-refractivity contribution in [2.45, 2.75) is 27.0 Å². The van der Waals surface area contributed by atoms with Crippen molar-refractivity contribution < 1.29 is 19.2 Å². The summed E-state index contributed by atoms with van der Waals surface area (Å²) in [6.45, 7) is 2.64. The second-order valence-corrected chi connectivity index (χ2v) is 5.36. The topological polar surface area (TPSA) is 116 Å². The van der Waals surface area contributed by atoms with Crippen LogP contribution in [0, 0.1) is 24.0 Å². The molecule has 9 nitrogen and oxygen atoms in total. The molecule has 9 heteroatoms. The number of aryl methyl sites for hydroxylation is 1. The molecular weight excluding hydrogens is 328 g/mol. The third-order valence-corrected chi connectivity index (χ3v) is 3.49. The fourth-order valence-corrected chi connectivity index (χ4v) is 2.26. The summed E-state index contributed by atoms with van der Waals surface area (Å²) in [6, 6.07) is 9.16. The molecule has 0 radical (unpaired) electrons. The summed E-state index contributed by atoms with van der Waals surface area (Å²) < 4.78 is 6.28.